The molecule has 0 radical (unpaired) electrons. The van der Waals surface area contributed by atoms with Gasteiger partial charge in [0.05, 0.1) is 11.4 Å². The topological polar surface area (TPSA) is 75.7 Å². The second-order valence-electron chi connectivity index (χ2n) is 7.30. The van der Waals surface area contributed by atoms with Gasteiger partial charge in [-0.05, 0) is 57.9 Å². The van der Waals surface area contributed by atoms with E-state index in [9.17, 15) is 14.4 Å². The van der Waals surface area contributed by atoms with Crippen molar-refractivity contribution in [2.24, 2.45) is 0 Å². The van der Waals surface area contributed by atoms with Crippen molar-refractivity contribution in [2.45, 2.75) is 52.7 Å². The van der Waals surface area contributed by atoms with Gasteiger partial charge in [0.15, 0.2) is 6.10 Å². The maximum Gasteiger partial charge on any atom is 0.349 e. The summed E-state index contributed by atoms with van der Waals surface area (Å²) in [5.74, 6) is -1.26. The summed E-state index contributed by atoms with van der Waals surface area (Å²) in [5, 5.41) is 2.82. The Hall–Kier alpha value is -2.67. The van der Waals surface area contributed by atoms with Crippen LogP contribution >= 0.6 is 11.3 Å². The molecule has 0 saturated carbocycles. The number of amides is 2. The van der Waals surface area contributed by atoms with Gasteiger partial charge in [-0.25, -0.2) is 4.79 Å². The second-order valence-corrected chi connectivity index (χ2v) is 8.55. The molecule has 6 nitrogen and oxygen atoms in total. The third kappa shape index (κ3) is 3.42. The van der Waals surface area contributed by atoms with Crippen LogP contribution in [0.3, 0.4) is 0 Å². The average Bonchev–Trinajstić information content (AvgIpc) is 3.03. The number of thiophene rings is 1. The number of rotatable bonds is 4. The molecule has 0 spiro atoms. The number of fused-ring (bicyclic) bond motifs is 1. The molecule has 0 bridgehead atoms. The highest BCUT2D eigenvalue weighted by Gasteiger charge is 2.45. The van der Waals surface area contributed by atoms with Gasteiger partial charge < -0.3 is 10.1 Å². The Morgan fingerprint density at radius 2 is 1.96 bits per heavy atom. The fraction of sp³-hybridized carbons (Fsp3) is 0.381. The molecule has 1 aliphatic heterocycles. The van der Waals surface area contributed by atoms with Crippen LogP contribution in [0.4, 0.5) is 11.4 Å². The zero-order valence-electron chi connectivity index (χ0n) is 16.7. The molecule has 0 fully saturated rings. The number of esters is 1. The largest absolute Gasteiger partial charge is 0.448 e. The molecule has 2 heterocycles. The number of carbonyl (C=O) groups is 3. The molecule has 1 N–H and O–H groups in total. The summed E-state index contributed by atoms with van der Waals surface area (Å²) >= 11 is 1.36. The monoisotopic (exact) mass is 400 g/mol. The first kappa shape index (κ1) is 20.1. The van der Waals surface area contributed by atoms with Gasteiger partial charge in [0.1, 0.15) is 10.4 Å². The Balaban J connectivity index is 1.85. The van der Waals surface area contributed by atoms with Crippen LogP contribution in [0.5, 0.6) is 0 Å². The Kier molecular flexibility index (Phi) is 5.30. The van der Waals surface area contributed by atoms with E-state index < -0.39 is 23.5 Å². The Labute approximate surface area is 168 Å². The van der Waals surface area contributed by atoms with E-state index in [1.54, 1.807) is 38.1 Å². The molecule has 1 atom stereocenters. The van der Waals surface area contributed by atoms with E-state index >= 15 is 0 Å². The van der Waals surface area contributed by atoms with Gasteiger partial charge in [0.2, 0.25) is 5.91 Å². The summed E-state index contributed by atoms with van der Waals surface area (Å²) in [4.78, 5) is 41.2. The summed E-state index contributed by atoms with van der Waals surface area (Å²) in [7, 11) is 0. The van der Waals surface area contributed by atoms with Crippen LogP contribution in [-0.4, -0.2) is 29.4 Å². The number of carbonyl (C=O) groups excluding carboxylic acids is 3. The molecular formula is C21H24N2O4S. The number of ether oxygens (including phenoxy) is 1. The van der Waals surface area contributed by atoms with Gasteiger partial charge in [-0.1, -0.05) is 19.1 Å². The van der Waals surface area contributed by atoms with Crippen molar-refractivity contribution in [3.8, 4) is 0 Å². The first-order valence-electron chi connectivity index (χ1n) is 9.21. The lowest BCUT2D eigenvalue weighted by Gasteiger charge is -2.42. The zero-order valence-corrected chi connectivity index (χ0v) is 17.5. The van der Waals surface area contributed by atoms with Crippen molar-refractivity contribution in [1.29, 1.82) is 0 Å². The van der Waals surface area contributed by atoms with Crippen LogP contribution in [0.25, 0.3) is 0 Å². The van der Waals surface area contributed by atoms with E-state index in [2.05, 4.69) is 5.32 Å². The Morgan fingerprint density at radius 3 is 2.61 bits per heavy atom. The van der Waals surface area contributed by atoms with Gasteiger partial charge in [-0.2, -0.15) is 0 Å². The first-order chi connectivity index (χ1) is 13.2. The SMILES string of the molecule is CCc1cc(C(=O)O[C@H](C)C(=O)N2c3ccccc3NC(=O)C2(C)C)sc1C. The third-order valence-corrected chi connectivity index (χ3v) is 6.04. The number of para-hydroxylation sites is 2. The van der Waals surface area contributed by atoms with Crippen LogP contribution in [0, 0.1) is 6.92 Å². The van der Waals surface area contributed by atoms with Crippen molar-refractivity contribution in [2.75, 3.05) is 10.2 Å². The highest BCUT2D eigenvalue weighted by atomic mass is 32.1. The average molecular weight is 401 g/mol. The van der Waals surface area contributed by atoms with Crippen molar-refractivity contribution >= 4 is 40.5 Å². The van der Waals surface area contributed by atoms with Gasteiger partial charge in [0, 0.05) is 4.88 Å². The van der Waals surface area contributed by atoms with Crippen LogP contribution in [-0.2, 0) is 20.7 Å². The molecule has 0 aliphatic carbocycles. The van der Waals surface area contributed by atoms with Gasteiger partial charge >= 0.3 is 5.97 Å². The summed E-state index contributed by atoms with van der Waals surface area (Å²) in [6.45, 7) is 8.85. The van der Waals surface area contributed by atoms with E-state index in [4.69, 9.17) is 4.74 Å². The smallest absolute Gasteiger partial charge is 0.349 e. The molecule has 3 rings (SSSR count). The van der Waals surface area contributed by atoms with E-state index in [1.165, 1.54) is 23.2 Å². The molecule has 0 unspecified atom stereocenters. The minimum Gasteiger partial charge on any atom is -0.448 e. The Morgan fingerprint density at radius 1 is 1.29 bits per heavy atom. The lowest BCUT2D eigenvalue weighted by atomic mass is 9.95. The van der Waals surface area contributed by atoms with E-state index in [-0.39, 0.29) is 5.91 Å². The van der Waals surface area contributed by atoms with E-state index in [1.807, 2.05) is 19.9 Å². The summed E-state index contributed by atoms with van der Waals surface area (Å²) < 4.78 is 5.46. The van der Waals surface area contributed by atoms with Crippen molar-refractivity contribution in [3.05, 3.63) is 45.6 Å². The number of aryl methyl sites for hydroxylation is 2. The third-order valence-electron chi connectivity index (χ3n) is 4.96. The van der Waals surface area contributed by atoms with Crippen LogP contribution < -0.4 is 10.2 Å². The molecule has 28 heavy (non-hydrogen) atoms. The fourth-order valence-corrected chi connectivity index (χ4v) is 4.27. The highest BCUT2D eigenvalue weighted by molar-refractivity contribution is 7.14. The highest BCUT2D eigenvalue weighted by Crippen LogP contribution is 2.37. The number of nitrogens with zero attached hydrogens (tertiary/aromatic N) is 1. The summed E-state index contributed by atoms with van der Waals surface area (Å²) in [6, 6.07) is 8.89. The molecule has 1 aromatic heterocycles. The van der Waals surface area contributed by atoms with Gasteiger partial charge in [0.25, 0.3) is 5.91 Å². The van der Waals surface area contributed by atoms with Gasteiger partial charge in [-0.15, -0.1) is 11.3 Å². The van der Waals surface area contributed by atoms with Crippen LogP contribution in [0.2, 0.25) is 0 Å². The predicted molar refractivity (Wildman–Crippen MR) is 110 cm³/mol. The number of anilines is 2. The van der Waals surface area contributed by atoms with Crippen molar-refractivity contribution in [3.63, 3.8) is 0 Å². The molecule has 148 valence electrons. The molecule has 1 aromatic carbocycles. The number of hydrogen-bond acceptors (Lipinski definition) is 5. The summed E-state index contributed by atoms with van der Waals surface area (Å²) in [6.07, 6.45) is -0.198. The van der Waals surface area contributed by atoms with E-state index in [0.717, 1.165) is 16.9 Å². The zero-order chi connectivity index (χ0) is 20.6. The van der Waals surface area contributed by atoms with Gasteiger partial charge in [-0.3, -0.25) is 14.5 Å². The fourth-order valence-electron chi connectivity index (χ4n) is 3.27. The minimum atomic E-state index is -1.11. The number of hydrogen-bond donors (Lipinski definition) is 1. The quantitative estimate of drug-likeness (QED) is 0.789. The summed E-state index contributed by atoms with van der Waals surface area (Å²) in [5.41, 5.74) is 1.13. The van der Waals surface area contributed by atoms with E-state index in [0.29, 0.717) is 16.3 Å². The molecule has 2 aromatic rings. The molecule has 2 amide bonds. The molecule has 1 aliphatic rings. The van der Waals surface area contributed by atoms with Crippen molar-refractivity contribution in [1.82, 2.24) is 0 Å². The second kappa shape index (κ2) is 7.39. The number of nitrogens with one attached hydrogen (secondary N) is 1. The Bertz CT molecular complexity index is 948. The lowest BCUT2D eigenvalue weighted by molar-refractivity contribution is -0.131. The minimum absolute atomic E-state index is 0.292. The van der Waals surface area contributed by atoms with Crippen LogP contribution in [0.15, 0.2) is 30.3 Å². The normalized spacial score (nSPS) is 16.2. The number of benzene rings is 1. The molecular weight excluding hydrogens is 376 g/mol. The van der Waals surface area contributed by atoms with Crippen molar-refractivity contribution < 1.29 is 19.1 Å². The molecule has 0 saturated heterocycles. The lowest BCUT2D eigenvalue weighted by Crippen LogP contribution is -2.60. The van der Waals surface area contributed by atoms with Crippen LogP contribution in [0.1, 0.15) is 47.8 Å². The molecule has 7 heteroatoms. The maximum atomic E-state index is 13.2. The maximum absolute atomic E-state index is 13.2. The predicted octanol–water partition coefficient (Wildman–Crippen LogP) is 3.93. The standard InChI is InChI=1S/C21H24N2O4S/c1-6-14-11-17(28-13(14)3)19(25)27-12(2)18(24)23-16-10-8-7-9-15(16)22-20(26)21(23,4)5/h7-12H,6H2,1-5H3,(H,22,26)/t12-/m1/s1. The first-order valence-corrected chi connectivity index (χ1v) is 10.0.